The zero-order chi connectivity index (χ0) is 18.2. The van der Waals surface area contributed by atoms with Crippen LogP contribution in [0.1, 0.15) is 12.5 Å². The molecule has 0 atom stereocenters. The minimum Gasteiger partial charge on any atom is -0.493 e. The molecule has 128 valence electrons. The molecule has 0 aromatic heterocycles. The van der Waals surface area contributed by atoms with Crippen LogP contribution >= 0.6 is 15.9 Å². The Morgan fingerprint density at radius 1 is 1.24 bits per heavy atom. The molecule has 2 aromatic rings. The molecule has 2 aromatic carbocycles. The maximum atomic E-state index is 12.3. The smallest absolute Gasteiger partial charge is 0.266 e. The van der Waals surface area contributed by atoms with E-state index in [0.717, 1.165) is 4.47 Å². The normalized spacial score (nSPS) is 10.7. The molecular weight excluding hydrogens is 384 g/mol. The number of hydrogen-bond donors (Lipinski definition) is 1. The third kappa shape index (κ3) is 5.10. The van der Waals surface area contributed by atoms with Crippen molar-refractivity contribution in [1.82, 2.24) is 0 Å². The highest BCUT2D eigenvalue weighted by Crippen LogP contribution is 2.29. The number of nitrogens with one attached hydrogen (secondary N) is 1. The quantitative estimate of drug-likeness (QED) is 0.575. The third-order valence-corrected chi connectivity index (χ3v) is 3.79. The first-order valence-corrected chi connectivity index (χ1v) is 8.36. The minimum absolute atomic E-state index is 0.00543. The standard InChI is InChI=1S/C19H17BrN2O3/c1-3-25-17-9-4-13(11-18(17)24-2)10-14(12-21)19(23)22-16-7-5-15(20)6-8-16/h4-11H,3H2,1-2H3,(H,22,23)/b14-10+. The SMILES string of the molecule is CCOc1ccc(/C=C(\C#N)C(=O)Nc2ccc(Br)cc2)cc1OC. The van der Waals surface area contributed by atoms with Crippen molar-refractivity contribution < 1.29 is 14.3 Å². The first kappa shape index (κ1) is 18.6. The summed E-state index contributed by atoms with van der Waals surface area (Å²) >= 11 is 3.33. The van der Waals surface area contributed by atoms with Gasteiger partial charge in [-0.3, -0.25) is 4.79 Å². The number of ether oxygens (including phenoxy) is 2. The largest absolute Gasteiger partial charge is 0.493 e. The second-order valence-corrected chi connectivity index (χ2v) is 5.89. The van der Waals surface area contributed by atoms with Gasteiger partial charge in [0.15, 0.2) is 11.5 Å². The number of carbonyl (C=O) groups is 1. The van der Waals surface area contributed by atoms with Gasteiger partial charge in [-0.25, -0.2) is 0 Å². The molecule has 0 saturated heterocycles. The van der Waals surface area contributed by atoms with Crippen LogP contribution in [0.25, 0.3) is 6.08 Å². The van der Waals surface area contributed by atoms with Crippen LogP contribution in [0, 0.1) is 11.3 Å². The zero-order valence-electron chi connectivity index (χ0n) is 13.9. The molecule has 1 N–H and O–H groups in total. The van der Waals surface area contributed by atoms with Crippen molar-refractivity contribution in [3.63, 3.8) is 0 Å². The molecule has 0 fully saturated rings. The molecule has 2 rings (SSSR count). The van der Waals surface area contributed by atoms with Crippen LogP contribution in [0.3, 0.4) is 0 Å². The van der Waals surface area contributed by atoms with Crippen molar-refractivity contribution in [1.29, 1.82) is 5.26 Å². The van der Waals surface area contributed by atoms with Crippen molar-refractivity contribution in [2.24, 2.45) is 0 Å². The highest BCUT2D eigenvalue weighted by Gasteiger charge is 2.11. The predicted molar refractivity (Wildman–Crippen MR) is 101 cm³/mol. The molecule has 0 aliphatic heterocycles. The fraction of sp³-hybridized carbons (Fsp3) is 0.158. The van der Waals surface area contributed by atoms with Crippen molar-refractivity contribution >= 4 is 33.6 Å². The Kier molecular flexibility index (Phi) is 6.61. The summed E-state index contributed by atoms with van der Waals surface area (Å²) in [5.41, 5.74) is 1.27. The number of amides is 1. The number of nitriles is 1. The Bertz CT molecular complexity index is 824. The molecule has 6 heteroatoms. The lowest BCUT2D eigenvalue weighted by Crippen LogP contribution is -2.13. The van der Waals surface area contributed by atoms with E-state index in [9.17, 15) is 10.1 Å². The van der Waals surface area contributed by atoms with Gasteiger partial charge in [0, 0.05) is 10.2 Å². The van der Waals surface area contributed by atoms with Gasteiger partial charge in [-0.15, -0.1) is 0 Å². The Hall–Kier alpha value is -2.78. The van der Waals surface area contributed by atoms with Gasteiger partial charge in [-0.05, 0) is 55.0 Å². The molecule has 0 radical (unpaired) electrons. The van der Waals surface area contributed by atoms with Gasteiger partial charge < -0.3 is 14.8 Å². The first-order chi connectivity index (χ1) is 12.1. The van der Waals surface area contributed by atoms with Crippen LogP contribution < -0.4 is 14.8 Å². The van der Waals surface area contributed by atoms with Gasteiger partial charge >= 0.3 is 0 Å². The van der Waals surface area contributed by atoms with Crippen LogP contribution in [-0.4, -0.2) is 19.6 Å². The Morgan fingerprint density at radius 2 is 1.96 bits per heavy atom. The van der Waals surface area contributed by atoms with E-state index in [1.54, 1.807) is 30.3 Å². The number of methoxy groups -OCH3 is 1. The third-order valence-electron chi connectivity index (χ3n) is 3.27. The number of hydrogen-bond acceptors (Lipinski definition) is 4. The van der Waals surface area contributed by atoms with Crippen LogP contribution in [0.4, 0.5) is 5.69 Å². The monoisotopic (exact) mass is 400 g/mol. The van der Waals surface area contributed by atoms with Gasteiger partial charge in [0.25, 0.3) is 5.91 Å². The summed E-state index contributed by atoms with van der Waals surface area (Å²) in [4.78, 5) is 12.3. The minimum atomic E-state index is -0.474. The van der Waals surface area contributed by atoms with Gasteiger partial charge in [-0.1, -0.05) is 22.0 Å². The Morgan fingerprint density at radius 3 is 2.56 bits per heavy atom. The molecular formula is C19H17BrN2O3. The van der Waals surface area contributed by atoms with Gasteiger partial charge in [0.2, 0.25) is 0 Å². The average Bonchev–Trinajstić information content (AvgIpc) is 2.62. The molecule has 0 spiro atoms. The molecule has 25 heavy (non-hydrogen) atoms. The zero-order valence-corrected chi connectivity index (χ0v) is 15.5. The van der Waals surface area contributed by atoms with E-state index in [-0.39, 0.29) is 5.57 Å². The van der Waals surface area contributed by atoms with Crippen LogP contribution in [-0.2, 0) is 4.79 Å². The van der Waals surface area contributed by atoms with E-state index < -0.39 is 5.91 Å². The van der Waals surface area contributed by atoms with E-state index >= 15 is 0 Å². The number of halogens is 1. The molecule has 0 aliphatic rings. The highest BCUT2D eigenvalue weighted by molar-refractivity contribution is 9.10. The van der Waals surface area contributed by atoms with E-state index in [4.69, 9.17) is 9.47 Å². The lowest BCUT2D eigenvalue weighted by molar-refractivity contribution is -0.112. The summed E-state index contributed by atoms with van der Waals surface area (Å²) in [6.45, 7) is 2.40. The number of carbonyl (C=O) groups excluding carboxylic acids is 1. The fourth-order valence-electron chi connectivity index (χ4n) is 2.10. The Labute approximate surface area is 155 Å². The summed E-state index contributed by atoms with van der Waals surface area (Å²) in [7, 11) is 1.54. The van der Waals surface area contributed by atoms with E-state index in [1.807, 2.05) is 25.1 Å². The topological polar surface area (TPSA) is 71.3 Å². The average molecular weight is 401 g/mol. The van der Waals surface area contributed by atoms with Crippen LogP contribution in [0.15, 0.2) is 52.5 Å². The summed E-state index contributed by atoms with van der Waals surface area (Å²) in [6.07, 6.45) is 1.51. The predicted octanol–water partition coefficient (Wildman–Crippen LogP) is 4.40. The lowest BCUT2D eigenvalue weighted by Gasteiger charge is -2.10. The molecule has 0 saturated carbocycles. The van der Waals surface area contributed by atoms with Crippen LogP contribution in [0.5, 0.6) is 11.5 Å². The van der Waals surface area contributed by atoms with Crippen molar-refractivity contribution in [3.05, 3.63) is 58.1 Å². The fourth-order valence-corrected chi connectivity index (χ4v) is 2.36. The number of nitrogens with zero attached hydrogens (tertiary/aromatic N) is 1. The molecule has 0 bridgehead atoms. The first-order valence-electron chi connectivity index (χ1n) is 7.57. The maximum Gasteiger partial charge on any atom is 0.266 e. The Balaban J connectivity index is 2.22. The van der Waals surface area contributed by atoms with Crippen LogP contribution in [0.2, 0.25) is 0 Å². The van der Waals surface area contributed by atoms with Gasteiger partial charge in [0.1, 0.15) is 11.6 Å². The summed E-state index contributed by atoms with van der Waals surface area (Å²) < 4.78 is 11.6. The van der Waals surface area contributed by atoms with Crippen molar-refractivity contribution in [2.45, 2.75) is 6.92 Å². The summed E-state index contributed by atoms with van der Waals surface area (Å²) in [5.74, 6) is 0.679. The molecule has 0 unspecified atom stereocenters. The van der Waals surface area contributed by atoms with E-state index in [2.05, 4.69) is 21.2 Å². The van der Waals surface area contributed by atoms with E-state index in [1.165, 1.54) is 13.2 Å². The highest BCUT2D eigenvalue weighted by atomic mass is 79.9. The lowest BCUT2D eigenvalue weighted by atomic mass is 10.1. The molecule has 0 heterocycles. The van der Waals surface area contributed by atoms with Crippen molar-refractivity contribution in [2.75, 3.05) is 19.0 Å². The van der Waals surface area contributed by atoms with Crippen molar-refractivity contribution in [3.8, 4) is 17.6 Å². The number of rotatable bonds is 6. The number of anilines is 1. The second-order valence-electron chi connectivity index (χ2n) is 4.97. The summed E-state index contributed by atoms with van der Waals surface area (Å²) in [5, 5.41) is 12.0. The van der Waals surface area contributed by atoms with Gasteiger partial charge in [-0.2, -0.15) is 5.26 Å². The summed E-state index contributed by atoms with van der Waals surface area (Å²) in [6, 6.07) is 14.3. The van der Waals surface area contributed by atoms with E-state index in [0.29, 0.717) is 29.4 Å². The molecule has 5 nitrogen and oxygen atoms in total. The molecule has 1 amide bonds. The maximum absolute atomic E-state index is 12.3. The molecule has 0 aliphatic carbocycles. The second kappa shape index (κ2) is 8.90. The van der Waals surface area contributed by atoms with Gasteiger partial charge in [0.05, 0.1) is 13.7 Å². The number of benzene rings is 2.